The van der Waals surface area contributed by atoms with Crippen molar-refractivity contribution in [3.63, 3.8) is 0 Å². The van der Waals surface area contributed by atoms with Crippen LogP contribution in [0.4, 0.5) is 5.69 Å². The fourth-order valence-corrected chi connectivity index (χ4v) is 4.61. The van der Waals surface area contributed by atoms with E-state index < -0.39 is 11.9 Å². The van der Waals surface area contributed by atoms with E-state index in [-0.39, 0.29) is 0 Å². The first kappa shape index (κ1) is 21.9. The van der Waals surface area contributed by atoms with E-state index in [9.17, 15) is 9.59 Å². The molecule has 1 aromatic heterocycles. The van der Waals surface area contributed by atoms with Gasteiger partial charge in [0.1, 0.15) is 0 Å². The molecule has 0 bridgehead atoms. The van der Waals surface area contributed by atoms with Crippen LogP contribution in [-0.2, 0) is 9.59 Å². The summed E-state index contributed by atoms with van der Waals surface area (Å²) in [7, 11) is 2.04. The van der Waals surface area contributed by atoms with Crippen molar-refractivity contribution in [3.8, 4) is 0 Å². The Morgan fingerprint density at radius 3 is 2.47 bits per heavy atom. The standard InChI is InChI=1S/C18H21N3S.C4H4O4/c1-19-10-14-7-13-8-18(13)21(14)15-9-17(12-20-11-15)22-16-5-3-2-4-6-16;5-3(6)1-2-4(7)8/h2-6,9,11-14,18-19H,7-8,10H2,1H3;1-2H,(H,5,6)(H,7,8)/b;2-1+. The van der Waals surface area contributed by atoms with Crippen molar-refractivity contribution in [1.29, 1.82) is 0 Å². The number of aromatic nitrogens is 1. The molecule has 158 valence electrons. The van der Waals surface area contributed by atoms with Gasteiger partial charge in [-0.25, -0.2) is 9.59 Å². The number of fused-ring (bicyclic) bond motifs is 1. The highest BCUT2D eigenvalue weighted by molar-refractivity contribution is 7.99. The zero-order chi connectivity index (χ0) is 21.5. The van der Waals surface area contributed by atoms with Crippen molar-refractivity contribution >= 4 is 29.4 Å². The molecule has 3 N–H and O–H groups in total. The van der Waals surface area contributed by atoms with Crippen molar-refractivity contribution in [3.05, 3.63) is 60.9 Å². The maximum atomic E-state index is 9.55. The van der Waals surface area contributed by atoms with E-state index in [4.69, 9.17) is 10.2 Å². The lowest BCUT2D eigenvalue weighted by atomic mass is 10.1. The van der Waals surface area contributed by atoms with Crippen molar-refractivity contribution in [2.24, 2.45) is 5.92 Å². The molecule has 1 aliphatic carbocycles. The molecule has 30 heavy (non-hydrogen) atoms. The zero-order valence-electron chi connectivity index (χ0n) is 16.6. The van der Waals surface area contributed by atoms with Crippen LogP contribution < -0.4 is 10.2 Å². The van der Waals surface area contributed by atoms with E-state index in [2.05, 4.69) is 51.6 Å². The number of aliphatic carboxylic acids is 2. The molecule has 1 aliphatic heterocycles. The molecule has 2 heterocycles. The lowest BCUT2D eigenvalue weighted by Gasteiger charge is -2.29. The summed E-state index contributed by atoms with van der Waals surface area (Å²) in [5.74, 6) is -1.61. The molecule has 3 atom stereocenters. The van der Waals surface area contributed by atoms with Gasteiger partial charge in [-0.05, 0) is 44.0 Å². The first-order chi connectivity index (χ1) is 14.5. The van der Waals surface area contributed by atoms with Crippen LogP contribution in [-0.4, -0.2) is 52.8 Å². The number of carboxylic acids is 2. The van der Waals surface area contributed by atoms with Crippen LogP contribution in [0.2, 0.25) is 0 Å². The van der Waals surface area contributed by atoms with Crippen LogP contribution >= 0.6 is 11.8 Å². The number of pyridine rings is 1. The summed E-state index contributed by atoms with van der Waals surface area (Å²) in [6, 6.07) is 14.2. The minimum atomic E-state index is -1.26. The van der Waals surface area contributed by atoms with Gasteiger partial charge in [-0.3, -0.25) is 4.98 Å². The number of carboxylic acid groups (broad SMARTS) is 2. The summed E-state index contributed by atoms with van der Waals surface area (Å²) in [5.41, 5.74) is 1.28. The van der Waals surface area contributed by atoms with Gasteiger partial charge < -0.3 is 20.4 Å². The second kappa shape index (κ2) is 10.3. The molecule has 2 aliphatic rings. The summed E-state index contributed by atoms with van der Waals surface area (Å²) < 4.78 is 0. The van der Waals surface area contributed by atoms with Crippen LogP contribution in [0, 0.1) is 5.92 Å². The highest BCUT2D eigenvalue weighted by atomic mass is 32.2. The number of piperidine rings is 1. The number of hydrogen-bond acceptors (Lipinski definition) is 6. The molecule has 2 aromatic rings. The smallest absolute Gasteiger partial charge is 0.328 e. The van der Waals surface area contributed by atoms with Gasteiger partial charge in [0.25, 0.3) is 0 Å². The predicted octanol–water partition coefficient (Wildman–Crippen LogP) is 3.13. The summed E-state index contributed by atoms with van der Waals surface area (Å²) in [6.07, 6.45) is 7.79. The lowest BCUT2D eigenvalue weighted by Crippen LogP contribution is -2.39. The Morgan fingerprint density at radius 1 is 1.13 bits per heavy atom. The Labute approximate surface area is 179 Å². The molecule has 1 aromatic carbocycles. The highest BCUT2D eigenvalue weighted by Gasteiger charge is 2.51. The lowest BCUT2D eigenvalue weighted by molar-refractivity contribution is -0.134. The second-order valence-electron chi connectivity index (χ2n) is 7.22. The van der Waals surface area contributed by atoms with E-state index in [1.165, 1.54) is 28.3 Å². The third-order valence-corrected chi connectivity index (χ3v) is 5.96. The van der Waals surface area contributed by atoms with E-state index >= 15 is 0 Å². The van der Waals surface area contributed by atoms with Crippen LogP contribution in [0.5, 0.6) is 0 Å². The average molecular weight is 428 g/mol. The number of likely N-dealkylation sites (N-methyl/N-ethyl adjacent to an activating group) is 1. The molecular formula is C22H25N3O4S. The minimum Gasteiger partial charge on any atom is -0.478 e. The van der Waals surface area contributed by atoms with Crippen molar-refractivity contribution < 1.29 is 19.8 Å². The molecule has 0 radical (unpaired) electrons. The maximum Gasteiger partial charge on any atom is 0.328 e. The second-order valence-corrected chi connectivity index (χ2v) is 8.37. The normalized spacial score (nSPS) is 21.6. The Bertz CT molecular complexity index is 890. The van der Waals surface area contributed by atoms with Gasteiger partial charge in [0.05, 0.1) is 11.9 Å². The predicted molar refractivity (Wildman–Crippen MR) is 116 cm³/mol. The van der Waals surface area contributed by atoms with Crippen molar-refractivity contribution in [2.75, 3.05) is 18.5 Å². The van der Waals surface area contributed by atoms with E-state index in [1.807, 2.05) is 19.4 Å². The molecule has 3 unspecified atom stereocenters. The first-order valence-electron chi connectivity index (χ1n) is 9.72. The molecular weight excluding hydrogens is 402 g/mol. The highest BCUT2D eigenvalue weighted by Crippen LogP contribution is 2.49. The van der Waals surface area contributed by atoms with Gasteiger partial charge in [-0.1, -0.05) is 30.0 Å². The Kier molecular flexibility index (Phi) is 7.48. The van der Waals surface area contributed by atoms with Crippen LogP contribution in [0.3, 0.4) is 0 Å². The van der Waals surface area contributed by atoms with E-state index in [0.717, 1.165) is 18.5 Å². The van der Waals surface area contributed by atoms with E-state index in [0.29, 0.717) is 18.2 Å². The zero-order valence-corrected chi connectivity index (χ0v) is 17.5. The summed E-state index contributed by atoms with van der Waals surface area (Å²) in [5, 5.41) is 19.0. The molecule has 8 heteroatoms. The topological polar surface area (TPSA) is 103 Å². The van der Waals surface area contributed by atoms with Gasteiger partial charge in [0.2, 0.25) is 0 Å². The van der Waals surface area contributed by atoms with Crippen LogP contribution in [0.1, 0.15) is 12.8 Å². The van der Waals surface area contributed by atoms with Crippen molar-refractivity contribution in [1.82, 2.24) is 10.3 Å². The number of benzene rings is 1. The number of nitrogens with one attached hydrogen (secondary N) is 1. The Hall–Kier alpha value is -2.84. The number of anilines is 1. The third kappa shape index (κ3) is 6.08. The molecule has 1 saturated carbocycles. The largest absolute Gasteiger partial charge is 0.478 e. The first-order valence-corrected chi connectivity index (χ1v) is 10.5. The fraction of sp³-hybridized carbons (Fsp3) is 0.318. The van der Waals surface area contributed by atoms with Crippen LogP contribution in [0.25, 0.3) is 0 Å². The number of carbonyl (C=O) groups is 2. The minimum absolute atomic E-state index is 0.558. The van der Waals surface area contributed by atoms with Gasteiger partial charge in [0, 0.05) is 46.8 Å². The number of rotatable bonds is 7. The maximum absolute atomic E-state index is 9.55. The van der Waals surface area contributed by atoms with Gasteiger partial charge >= 0.3 is 11.9 Å². The molecule has 1 saturated heterocycles. The molecule has 0 amide bonds. The fourth-order valence-electron chi connectivity index (χ4n) is 3.75. The average Bonchev–Trinajstić information content (AvgIpc) is 3.38. The quantitative estimate of drug-likeness (QED) is 0.579. The van der Waals surface area contributed by atoms with E-state index in [1.54, 1.807) is 11.8 Å². The van der Waals surface area contributed by atoms with Gasteiger partial charge in [-0.15, -0.1) is 0 Å². The SMILES string of the molecule is CNCC1CC2CC2N1c1cncc(Sc2ccccc2)c1.O=C(O)/C=C/C(=O)O. The van der Waals surface area contributed by atoms with Crippen LogP contribution in [0.15, 0.2) is 70.7 Å². The summed E-state index contributed by atoms with van der Waals surface area (Å²) >= 11 is 1.79. The van der Waals surface area contributed by atoms with Gasteiger partial charge in [-0.2, -0.15) is 0 Å². The third-order valence-electron chi connectivity index (χ3n) is 4.99. The molecule has 0 spiro atoms. The Morgan fingerprint density at radius 2 is 1.83 bits per heavy atom. The summed E-state index contributed by atoms with van der Waals surface area (Å²) in [6.45, 7) is 1.06. The van der Waals surface area contributed by atoms with Gasteiger partial charge in [0.15, 0.2) is 0 Å². The number of nitrogens with zero attached hydrogens (tertiary/aromatic N) is 2. The molecule has 7 nitrogen and oxygen atoms in total. The molecule has 4 rings (SSSR count). The summed E-state index contributed by atoms with van der Waals surface area (Å²) in [4.78, 5) is 28.7. The number of hydrogen-bond donors (Lipinski definition) is 3. The van der Waals surface area contributed by atoms with Crippen molar-refractivity contribution in [2.45, 2.75) is 34.7 Å². The molecule has 2 fully saturated rings. The monoisotopic (exact) mass is 427 g/mol. The Balaban J connectivity index is 0.000000275.